The molecule has 0 bridgehead atoms. The molecular formula is C11H16FN. The van der Waals surface area contributed by atoms with E-state index in [1.54, 1.807) is 0 Å². The van der Waals surface area contributed by atoms with E-state index in [9.17, 15) is 4.39 Å². The Labute approximate surface area is 79.0 Å². The maximum absolute atomic E-state index is 12.5. The minimum absolute atomic E-state index is 0.0348. The van der Waals surface area contributed by atoms with Gasteiger partial charge in [-0.3, -0.25) is 0 Å². The summed E-state index contributed by atoms with van der Waals surface area (Å²) in [4.78, 5) is 0. The molecule has 2 heteroatoms. The molecule has 0 aliphatic carbocycles. The van der Waals surface area contributed by atoms with E-state index >= 15 is 0 Å². The topological polar surface area (TPSA) is 12.0 Å². The summed E-state index contributed by atoms with van der Waals surface area (Å²) in [5.74, 6) is 0. The Kier molecular flexibility index (Phi) is 4.47. The normalized spacial score (nSPS) is 12.8. The van der Waals surface area contributed by atoms with Crippen molar-refractivity contribution >= 4 is 0 Å². The van der Waals surface area contributed by atoms with Gasteiger partial charge in [-0.1, -0.05) is 37.3 Å². The van der Waals surface area contributed by atoms with Gasteiger partial charge in [-0.2, -0.15) is 0 Å². The van der Waals surface area contributed by atoms with Gasteiger partial charge in [-0.15, -0.1) is 0 Å². The summed E-state index contributed by atoms with van der Waals surface area (Å²) in [5.41, 5.74) is 1.19. The van der Waals surface area contributed by atoms with Gasteiger partial charge in [0.25, 0.3) is 0 Å². The molecule has 0 heterocycles. The van der Waals surface area contributed by atoms with Crippen molar-refractivity contribution in [3.8, 4) is 0 Å². The number of nitrogens with one attached hydrogen (secondary N) is 1. The smallest absolute Gasteiger partial charge is 0.105 e. The van der Waals surface area contributed by atoms with E-state index in [2.05, 4.69) is 5.32 Å². The van der Waals surface area contributed by atoms with Crippen LogP contribution in [0.1, 0.15) is 12.5 Å². The largest absolute Gasteiger partial charge is 0.311 e. The third-order valence-electron chi connectivity index (χ3n) is 2.00. The Bertz CT molecular complexity index is 223. The molecule has 0 aromatic heterocycles. The fourth-order valence-electron chi connectivity index (χ4n) is 1.37. The number of hydrogen-bond acceptors (Lipinski definition) is 1. The highest BCUT2D eigenvalue weighted by atomic mass is 19.1. The van der Waals surface area contributed by atoms with E-state index in [4.69, 9.17) is 0 Å². The Morgan fingerprint density at radius 1 is 1.31 bits per heavy atom. The van der Waals surface area contributed by atoms with Crippen molar-refractivity contribution in [1.82, 2.24) is 5.32 Å². The van der Waals surface area contributed by atoms with Crippen molar-refractivity contribution in [2.75, 3.05) is 13.2 Å². The fraction of sp³-hybridized carbons (Fsp3) is 0.455. The number of benzene rings is 1. The third kappa shape index (κ3) is 3.55. The van der Waals surface area contributed by atoms with Gasteiger partial charge >= 0.3 is 0 Å². The Hall–Kier alpha value is -0.890. The predicted molar refractivity (Wildman–Crippen MR) is 53.6 cm³/mol. The molecule has 13 heavy (non-hydrogen) atoms. The van der Waals surface area contributed by atoms with Gasteiger partial charge in [0.1, 0.15) is 6.67 Å². The van der Waals surface area contributed by atoms with E-state index in [1.807, 2.05) is 37.3 Å². The Balaban J connectivity index is 2.46. The summed E-state index contributed by atoms with van der Waals surface area (Å²) < 4.78 is 12.5. The van der Waals surface area contributed by atoms with Crippen LogP contribution in [0.3, 0.4) is 0 Å². The molecular weight excluding hydrogens is 165 g/mol. The number of alkyl halides is 1. The molecule has 1 aromatic carbocycles. The quantitative estimate of drug-likeness (QED) is 0.734. The third-order valence-corrected chi connectivity index (χ3v) is 2.00. The zero-order chi connectivity index (χ0) is 9.52. The van der Waals surface area contributed by atoms with E-state index in [1.165, 1.54) is 5.56 Å². The zero-order valence-corrected chi connectivity index (χ0v) is 7.96. The van der Waals surface area contributed by atoms with Crippen LogP contribution in [-0.2, 0) is 6.42 Å². The summed E-state index contributed by atoms with van der Waals surface area (Å²) in [6.45, 7) is 2.51. The van der Waals surface area contributed by atoms with Gasteiger partial charge in [-0.25, -0.2) is 4.39 Å². The molecule has 1 unspecified atom stereocenters. The molecule has 0 saturated heterocycles. The maximum atomic E-state index is 12.5. The lowest BCUT2D eigenvalue weighted by atomic mass is 10.1. The molecule has 0 saturated carbocycles. The average molecular weight is 181 g/mol. The van der Waals surface area contributed by atoms with Crippen molar-refractivity contribution in [1.29, 1.82) is 0 Å². The average Bonchev–Trinajstić information content (AvgIpc) is 2.19. The molecule has 1 aromatic rings. The summed E-state index contributed by atoms with van der Waals surface area (Å²) in [5, 5.41) is 3.11. The number of hydrogen-bond donors (Lipinski definition) is 1. The Morgan fingerprint density at radius 3 is 2.54 bits per heavy atom. The van der Waals surface area contributed by atoms with Crippen molar-refractivity contribution in [3.63, 3.8) is 0 Å². The van der Waals surface area contributed by atoms with Gasteiger partial charge in [0, 0.05) is 6.04 Å². The molecule has 1 nitrogen and oxygen atoms in total. The van der Waals surface area contributed by atoms with Crippen LogP contribution < -0.4 is 5.32 Å². The maximum Gasteiger partial charge on any atom is 0.105 e. The van der Waals surface area contributed by atoms with E-state index in [0.29, 0.717) is 0 Å². The van der Waals surface area contributed by atoms with E-state index < -0.39 is 0 Å². The standard InChI is InChI=1S/C11H16FN/c1-2-13-11(9-12)8-10-6-4-3-5-7-10/h3-7,11,13H,2,8-9H2,1H3. The Morgan fingerprint density at radius 2 is 2.00 bits per heavy atom. The SMILES string of the molecule is CCNC(CF)Cc1ccccc1. The van der Waals surface area contributed by atoms with Crippen molar-refractivity contribution in [3.05, 3.63) is 35.9 Å². The molecule has 72 valence electrons. The van der Waals surface area contributed by atoms with Crippen LogP contribution in [0.15, 0.2) is 30.3 Å². The molecule has 1 atom stereocenters. The van der Waals surface area contributed by atoms with Crippen LogP contribution in [0.25, 0.3) is 0 Å². The first-order valence-electron chi connectivity index (χ1n) is 4.70. The lowest BCUT2D eigenvalue weighted by molar-refractivity contribution is 0.377. The molecule has 1 N–H and O–H groups in total. The van der Waals surface area contributed by atoms with E-state index in [-0.39, 0.29) is 12.7 Å². The van der Waals surface area contributed by atoms with E-state index in [0.717, 1.165) is 13.0 Å². The number of likely N-dealkylation sites (N-methyl/N-ethyl adjacent to an activating group) is 1. The minimum Gasteiger partial charge on any atom is -0.311 e. The first kappa shape index (κ1) is 10.2. The van der Waals surface area contributed by atoms with Gasteiger partial charge in [0.15, 0.2) is 0 Å². The summed E-state index contributed by atoms with van der Waals surface area (Å²) >= 11 is 0. The van der Waals surface area contributed by atoms with Gasteiger partial charge in [0.05, 0.1) is 0 Å². The highest BCUT2D eigenvalue weighted by Crippen LogP contribution is 2.03. The molecule has 0 radical (unpaired) electrons. The molecule has 1 rings (SSSR count). The highest BCUT2D eigenvalue weighted by molar-refractivity contribution is 5.15. The molecule has 0 aliphatic heterocycles. The van der Waals surface area contributed by atoms with Crippen LogP contribution >= 0.6 is 0 Å². The summed E-state index contributed by atoms with van der Waals surface area (Å²) in [6, 6.07) is 9.96. The number of halogens is 1. The van der Waals surface area contributed by atoms with Crippen molar-refractivity contribution < 1.29 is 4.39 Å². The predicted octanol–water partition coefficient (Wildman–Crippen LogP) is 2.18. The fourth-order valence-corrected chi connectivity index (χ4v) is 1.37. The van der Waals surface area contributed by atoms with Crippen LogP contribution in [0.5, 0.6) is 0 Å². The molecule has 0 amide bonds. The molecule has 0 fully saturated rings. The number of rotatable bonds is 5. The van der Waals surface area contributed by atoms with Crippen molar-refractivity contribution in [2.24, 2.45) is 0 Å². The van der Waals surface area contributed by atoms with Gasteiger partial charge in [0.2, 0.25) is 0 Å². The second kappa shape index (κ2) is 5.70. The first-order valence-corrected chi connectivity index (χ1v) is 4.70. The zero-order valence-electron chi connectivity index (χ0n) is 7.96. The molecule has 0 spiro atoms. The lowest BCUT2D eigenvalue weighted by Gasteiger charge is -2.13. The van der Waals surface area contributed by atoms with Gasteiger partial charge < -0.3 is 5.32 Å². The summed E-state index contributed by atoms with van der Waals surface area (Å²) in [7, 11) is 0. The summed E-state index contributed by atoms with van der Waals surface area (Å²) in [6.07, 6.45) is 0.769. The molecule has 0 aliphatic rings. The lowest BCUT2D eigenvalue weighted by Crippen LogP contribution is -2.32. The second-order valence-corrected chi connectivity index (χ2v) is 3.10. The van der Waals surface area contributed by atoms with Crippen LogP contribution in [-0.4, -0.2) is 19.3 Å². The van der Waals surface area contributed by atoms with Crippen LogP contribution in [0.4, 0.5) is 4.39 Å². The van der Waals surface area contributed by atoms with Crippen LogP contribution in [0.2, 0.25) is 0 Å². The van der Waals surface area contributed by atoms with Crippen molar-refractivity contribution in [2.45, 2.75) is 19.4 Å². The second-order valence-electron chi connectivity index (χ2n) is 3.10. The monoisotopic (exact) mass is 181 g/mol. The minimum atomic E-state index is -0.303. The highest BCUT2D eigenvalue weighted by Gasteiger charge is 2.06. The van der Waals surface area contributed by atoms with Gasteiger partial charge in [-0.05, 0) is 18.5 Å². The first-order chi connectivity index (χ1) is 6.36. The van der Waals surface area contributed by atoms with Crippen LogP contribution in [0, 0.1) is 0 Å².